The number of ether oxygens (including phenoxy) is 1. The molecule has 4 rings (SSSR count). The molecule has 3 aromatic carbocycles. The van der Waals surface area contributed by atoms with Gasteiger partial charge in [-0.15, -0.1) is 0 Å². The summed E-state index contributed by atoms with van der Waals surface area (Å²) >= 11 is 0. The first kappa shape index (κ1) is 21.2. The van der Waals surface area contributed by atoms with Crippen molar-refractivity contribution in [3.8, 4) is 16.9 Å². The average molecular weight is 426 g/mol. The second-order valence-corrected chi connectivity index (χ2v) is 7.67. The lowest BCUT2D eigenvalue weighted by Crippen LogP contribution is -2.05. The highest BCUT2D eigenvalue weighted by Crippen LogP contribution is 2.38. The topological polar surface area (TPSA) is 9.23 Å². The zero-order chi connectivity index (χ0) is 22.1. The van der Waals surface area contributed by atoms with Crippen LogP contribution in [-0.2, 0) is 12.8 Å². The Morgan fingerprint density at radius 2 is 1.52 bits per heavy atom. The summed E-state index contributed by atoms with van der Waals surface area (Å²) in [7, 11) is 1.24. The molecule has 0 bridgehead atoms. The van der Waals surface area contributed by atoms with Crippen molar-refractivity contribution in [2.24, 2.45) is 0 Å². The van der Waals surface area contributed by atoms with Gasteiger partial charge >= 0.3 is 0 Å². The molecule has 0 saturated heterocycles. The fourth-order valence-corrected chi connectivity index (χ4v) is 4.13. The molecule has 0 radical (unpaired) electrons. The number of hydrogen-bond acceptors (Lipinski definition) is 1. The largest absolute Gasteiger partial charge is 0.494 e. The van der Waals surface area contributed by atoms with E-state index in [9.17, 15) is 13.2 Å². The van der Waals surface area contributed by atoms with E-state index in [1.54, 1.807) is 24.3 Å². The van der Waals surface area contributed by atoms with Crippen LogP contribution in [0.4, 0.5) is 17.6 Å². The number of halogens is 4. The van der Waals surface area contributed by atoms with Crippen molar-refractivity contribution < 1.29 is 22.3 Å². The SMILES string of the molecule is CCCc1ccc(C2=Cc3ccc(-c4ccc(OC)c(F)c4F)c(F)c3CC2)c(F)c1. The molecule has 0 unspecified atom stereocenters. The van der Waals surface area contributed by atoms with Crippen molar-refractivity contribution in [1.82, 2.24) is 0 Å². The Labute approximate surface area is 179 Å². The molecule has 0 heterocycles. The van der Waals surface area contributed by atoms with Crippen LogP contribution < -0.4 is 4.74 Å². The smallest absolute Gasteiger partial charge is 0.201 e. The van der Waals surface area contributed by atoms with Crippen molar-refractivity contribution in [2.75, 3.05) is 7.11 Å². The first-order chi connectivity index (χ1) is 14.9. The minimum absolute atomic E-state index is 0.00949. The molecule has 0 aromatic heterocycles. The number of hydrogen-bond donors (Lipinski definition) is 0. The molecule has 160 valence electrons. The summed E-state index contributed by atoms with van der Waals surface area (Å²) in [5, 5.41) is 0. The molecule has 1 aliphatic rings. The molecular weight excluding hydrogens is 404 g/mol. The van der Waals surface area contributed by atoms with E-state index < -0.39 is 17.5 Å². The summed E-state index contributed by atoms with van der Waals surface area (Å²) in [5.74, 6) is -3.41. The van der Waals surface area contributed by atoms with Crippen LogP contribution in [0.1, 0.15) is 42.0 Å². The van der Waals surface area contributed by atoms with Gasteiger partial charge in [0.05, 0.1) is 7.11 Å². The molecule has 0 atom stereocenters. The highest BCUT2D eigenvalue weighted by atomic mass is 19.2. The number of fused-ring (bicyclic) bond motifs is 1. The predicted molar refractivity (Wildman–Crippen MR) is 115 cm³/mol. The minimum Gasteiger partial charge on any atom is -0.494 e. The third-order valence-electron chi connectivity index (χ3n) is 5.73. The lowest BCUT2D eigenvalue weighted by Gasteiger charge is -2.20. The van der Waals surface area contributed by atoms with E-state index in [0.29, 0.717) is 29.5 Å². The molecule has 1 nitrogen and oxygen atoms in total. The first-order valence-electron chi connectivity index (χ1n) is 10.3. The van der Waals surface area contributed by atoms with Gasteiger partial charge in [0.15, 0.2) is 11.6 Å². The van der Waals surface area contributed by atoms with Crippen LogP contribution in [0, 0.1) is 23.3 Å². The predicted octanol–water partition coefficient (Wildman–Crippen LogP) is 7.36. The molecule has 3 aromatic rings. The maximum Gasteiger partial charge on any atom is 0.201 e. The summed E-state index contributed by atoms with van der Waals surface area (Å²) in [6, 6.07) is 10.9. The van der Waals surface area contributed by atoms with E-state index in [-0.39, 0.29) is 22.7 Å². The summed E-state index contributed by atoms with van der Waals surface area (Å²) in [5.41, 5.74) is 3.12. The van der Waals surface area contributed by atoms with E-state index >= 15 is 4.39 Å². The summed E-state index contributed by atoms with van der Waals surface area (Å²) in [6.07, 6.45) is 4.33. The van der Waals surface area contributed by atoms with E-state index in [2.05, 4.69) is 0 Å². The number of rotatable bonds is 5. The van der Waals surface area contributed by atoms with Gasteiger partial charge in [0.1, 0.15) is 11.6 Å². The van der Waals surface area contributed by atoms with Crippen LogP contribution in [0.25, 0.3) is 22.8 Å². The zero-order valence-electron chi connectivity index (χ0n) is 17.4. The summed E-state index contributed by atoms with van der Waals surface area (Å²) < 4.78 is 63.3. The third-order valence-corrected chi connectivity index (χ3v) is 5.73. The monoisotopic (exact) mass is 426 g/mol. The van der Waals surface area contributed by atoms with E-state index in [1.807, 2.05) is 13.0 Å². The molecular formula is C26H22F4O. The molecule has 0 saturated carbocycles. The lowest BCUT2D eigenvalue weighted by molar-refractivity contribution is 0.372. The molecule has 0 amide bonds. The number of allylic oxidation sites excluding steroid dienone is 1. The van der Waals surface area contributed by atoms with Gasteiger partial charge in [-0.1, -0.05) is 43.7 Å². The van der Waals surface area contributed by atoms with Crippen LogP contribution in [-0.4, -0.2) is 7.11 Å². The van der Waals surface area contributed by atoms with Gasteiger partial charge in [-0.2, -0.15) is 4.39 Å². The molecule has 0 aliphatic heterocycles. The quantitative estimate of drug-likeness (QED) is 0.387. The van der Waals surface area contributed by atoms with E-state index in [1.165, 1.54) is 25.3 Å². The van der Waals surface area contributed by atoms with Crippen molar-refractivity contribution in [1.29, 1.82) is 0 Å². The number of aryl methyl sites for hydroxylation is 1. The Hall–Kier alpha value is -3.08. The van der Waals surface area contributed by atoms with Gasteiger partial charge in [0.2, 0.25) is 5.82 Å². The van der Waals surface area contributed by atoms with Crippen LogP contribution in [0.3, 0.4) is 0 Å². The molecule has 0 fully saturated rings. The maximum absolute atomic E-state index is 15.3. The highest BCUT2D eigenvalue weighted by molar-refractivity contribution is 5.86. The number of benzene rings is 3. The lowest BCUT2D eigenvalue weighted by atomic mass is 9.86. The van der Waals surface area contributed by atoms with Gasteiger partial charge in [0.25, 0.3) is 0 Å². The molecule has 5 heteroatoms. The van der Waals surface area contributed by atoms with Crippen LogP contribution in [0.2, 0.25) is 0 Å². The average Bonchev–Trinajstić information content (AvgIpc) is 2.76. The second-order valence-electron chi connectivity index (χ2n) is 7.67. The number of methoxy groups -OCH3 is 1. The zero-order valence-corrected chi connectivity index (χ0v) is 17.4. The van der Waals surface area contributed by atoms with Gasteiger partial charge in [0, 0.05) is 16.7 Å². The first-order valence-corrected chi connectivity index (χ1v) is 10.3. The second kappa shape index (κ2) is 8.58. The standard InChI is InChI=1S/C26H22F4O/c1-3-4-15-5-8-18(22(27)13-15)16-6-9-19-17(14-16)7-10-20(24(19)28)21-11-12-23(31-2)26(30)25(21)29/h5,7-8,10-14H,3-4,6,9H2,1-2H3. The van der Waals surface area contributed by atoms with Crippen LogP contribution in [0.5, 0.6) is 5.75 Å². The molecule has 31 heavy (non-hydrogen) atoms. The highest BCUT2D eigenvalue weighted by Gasteiger charge is 2.23. The Morgan fingerprint density at radius 1 is 0.806 bits per heavy atom. The molecule has 0 N–H and O–H groups in total. The Morgan fingerprint density at radius 3 is 2.23 bits per heavy atom. The minimum atomic E-state index is -1.15. The van der Waals surface area contributed by atoms with Crippen molar-refractivity contribution >= 4 is 11.6 Å². The Balaban J connectivity index is 1.73. The Kier molecular flexibility index (Phi) is 5.86. The van der Waals surface area contributed by atoms with E-state index in [0.717, 1.165) is 24.0 Å². The summed E-state index contributed by atoms with van der Waals surface area (Å²) in [6.45, 7) is 2.04. The molecule has 1 aliphatic carbocycles. The van der Waals surface area contributed by atoms with Gasteiger partial charge in [-0.3, -0.25) is 0 Å². The molecule has 0 spiro atoms. The Bertz CT molecular complexity index is 1180. The van der Waals surface area contributed by atoms with Gasteiger partial charge in [-0.05, 0) is 59.7 Å². The normalized spacial score (nSPS) is 13.0. The third kappa shape index (κ3) is 3.85. The van der Waals surface area contributed by atoms with Crippen molar-refractivity contribution in [3.05, 3.63) is 88.0 Å². The summed E-state index contributed by atoms with van der Waals surface area (Å²) in [4.78, 5) is 0. The van der Waals surface area contributed by atoms with Crippen LogP contribution in [0.15, 0.2) is 42.5 Å². The van der Waals surface area contributed by atoms with Gasteiger partial charge < -0.3 is 4.74 Å². The fourth-order valence-electron chi connectivity index (χ4n) is 4.13. The maximum atomic E-state index is 15.3. The fraction of sp³-hybridized carbons (Fsp3) is 0.231. The van der Waals surface area contributed by atoms with Gasteiger partial charge in [-0.25, -0.2) is 13.2 Å². The van der Waals surface area contributed by atoms with Crippen molar-refractivity contribution in [2.45, 2.75) is 32.6 Å². The van der Waals surface area contributed by atoms with Crippen molar-refractivity contribution in [3.63, 3.8) is 0 Å². The van der Waals surface area contributed by atoms with Crippen LogP contribution >= 0.6 is 0 Å². The van der Waals surface area contributed by atoms with E-state index in [4.69, 9.17) is 4.74 Å².